The zero-order chi connectivity index (χ0) is 20.4. The molecule has 0 bridgehead atoms. The highest BCUT2D eigenvalue weighted by Crippen LogP contribution is 2.30. The summed E-state index contributed by atoms with van der Waals surface area (Å²) in [5.41, 5.74) is 3.98. The summed E-state index contributed by atoms with van der Waals surface area (Å²) in [6, 6.07) is 10.1. The average molecular weight is 393 g/mol. The highest BCUT2D eigenvalue weighted by atomic mass is 16.5. The lowest BCUT2D eigenvalue weighted by Crippen LogP contribution is -2.39. The van der Waals surface area contributed by atoms with Crippen molar-refractivity contribution in [3.8, 4) is 11.6 Å². The summed E-state index contributed by atoms with van der Waals surface area (Å²) in [6.07, 6.45) is 3.13. The standard InChI is InChI=1S/C22H27N5O2/c1-4-16(5-2)22(28)27-12-11-18-17(14-27)20(24-26(18)3)21-23-19(25-29-21)13-15-9-7-6-8-10-15/h6-10,16H,4-5,11-14H2,1-3H3. The van der Waals surface area contributed by atoms with Gasteiger partial charge in [-0.15, -0.1) is 0 Å². The molecule has 1 aliphatic heterocycles. The molecule has 7 nitrogen and oxygen atoms in total. The summed E-state index contributed by atoms with van der Waals surface area (Å²) in [5.74, 6) is 1.36. The predicted molar refractivity (Wildman–Crippen MR) is 109 cm³/mol. The van der Waals surface area contributed by atoms with E-state index in [4.69, 9.17) is 4.52 Å². The van der Waals surface area contributed by atoms with Crippen molar-refractivity contribution in [2.24, 2.45) is 13.0 Å². The summed E-state index contributed by atoms with van der Waals surface area (Å²) in [4.78, 5) is 19.4. The minimum absolute atomic E-state index is 0.0811. The molecule has 29 heavy (non-hydrogen) atoms. The van der Waals surface area contributed by atoms with Gasteiger partial charge in [0.05, 0.1) is 0 Å². The van der Waals surface area contributed by atoms with Gasteiger partial charge in [-0.2, -0.15) is 10.1 Å². The molecule has 0 aliphatic carbocycles. The van der Waals surface area contributed by atoms with Gasteiger partial charge in [0.25, 0.3) is 5.89 Å². The number of rotatable bonds is 6. The second-order valence-corrected chi connectivity index (χ2v) is 7.60. The fourth-order valence-corrected chi connectivity index (χ4v) is 4.05. The van der Waals surface area contributed by atoms with E-state index < -0.39 is 0 Å². The quantitative estimate of drug-likeness (QED) is 0.642. The molecule has 0 saturated carbocycles. The molecular formula is C22H27N5O2. The first-order valence-electron chi connectivity index (χ1n) is 10.3. The highest BCUT2D eigenvalue weighted by molar-refractivity contribution is 5.79. The Labute approximate surface area is 170 Å². The fourth-order valence-electron chi connectivity index (χ4n) is 4.05. The molecule has 3 heterocycles. The third-order valence-corrected chi connectivity index (χ3v) is 5.76. The van der Waals surface area contributed by atoms with E-state index >= 15 is 0 Å². The molecule has 0 atom stereocenters. The Kier molecular flexibility index (Phi) is 5.47. The molecule has 1 aromatic carbocycles. The van der Waals surface area contributed by atoms with Crippen LogP contribution in [-0.4, -0.2) is 37.3 Å². The van der Waals surface area contributed by atoms with Gasteiger partial charge in [0.1, 0.15) is 0 Å². The van der Waals surface area contributed by atoms with Crippen LogP contribution in [0.3, 0.4) is 0 Å². The van der Waals surface area contributed by atoms with Crippen molar-refractivity contribution < 1.29 is 9.32 Å². The van der Waals surface area contributed by atoms with Crippen molar-refractivity contribution in [2.45, 2.75) is 46.1 Å². The summed E-state index contributed by atoms with van der Waals surface area (Å²) in [5, 5.41) is 8.78. The fraction of sp³-hybridized carbons (Fsp3) is 0.455. The second-order valence-electron chi connectivity index (χ2n) is 7.60. The molecule has 0 spiro atoms. The number of carbonyl (C=O) groups excluding carboxylic acids is 1. The minimum Gasteiger partial charge on any atom is -0.338 e. The largest absolute Gasteiger partial charge is 0.338 e. The molecule has 0 fully saturated rings. The second kappa shape index (κ2) is 8.19. The third-order valence-electron chi connectivity index (χ3n) is 5.76. The van der Waals surface area contributed by atoms with E-state index in [0.717, 1.165) is 42.6 Å². The summed E-state index contributed by atoms with van der Waals surface area (Å²) >= 11 is 0. The van der Waals surface area contributed by atoms with Gasteiger partial charge in [-0.3, -0.25) is 9.48 Å². The van der Waals surface area contributed by atoms with Gasteiger partial charge >= 0.3 is 0 Å². The van der Waals surface area contributed by atoms with Crippen molar-refractivity contribution in [3.63, 3.8) is 0 Å². The number of nitrogens with zero attached hydrogens (tertiary/aromatic N) is 5. The molecule has 0 unspecified atom stereocenters. The Bertz CT molecular complexity index is 988. The molecule has 2 aromatic heterocycles. The van der Waals surface area contributed by atoms with Crippen molar-refractivity contribution in [1.82, 2.24) is 24.8 Å². The maximum absolute atomic E-state index is 12.9. The molecule has 1 aliphatic rings. The van der Waals surface area contributed by atoms with Gasteiger partial charge in [-0.1, -0.05) is 49.3 Å². The van der Waals surface area contributed by atoms with Crippen LogP contribution < -0.4 is 0 Å². The molecule has 0 saturated heterocycles. The van der Waals surface area contributed by atoms with Gasteiger partial charge in [-0.05, 0) is 18.4 Å². The summed E-state index contributed by atoms with van der Waals surface area (Å²) in [6.45, 7) is 5.42. The lowest BCUT2D eigenvalue weighted by atomic mass is 9.98. The van der Waals surface area contributed by atoms with Crippen LogP contribution >= 0.6 is 0 Å². The van der Waals surface area contributed by atoms with Crippen LogP contribution in [-0.2, 0) is 31.2 Å². The minimum atomic E-state index is 0.0811. The van der Waals surface area contributed by atoms with Gasteiger partial charge in [0, 0.05) is 50.2 Å². The first kappa shape index (κ1) is 19.4. The van der Waals surface area contributed by atoms with Crippen molar-refractivity contribution in [2.75, 3.05) is 6.54 Å². The topological polar surface area (TPSA) is 77.1 Å². The summed E-state index contributed by atoms with van der Waals surface area (Å²) < 4.78 is 7.43. The van der Waals surface area contributed by atoms with E-state index in [0.29, 0.717) is 30.4 Å². The van der Waals surface area contributed by atoms with Crippen LogP contribution in [0.1, 0.15) is 49.3 Å². The Morgan fingerprint density at radius 3 is 2.69 bits per heavy atom. The monoisotopic (exact) mass is 393 g/mol. The van der Waals surface area contributed by atoms with Gasteiger partial charge in [0.15, 0.2) is 11.5 Å². The zero-order valence-electron chi connectivity index (χ0n) is 17.3. The van der Waals surface area contributed by atoms with Crippen LogP contribution in [0.15, 0.2) is 34.9 Å². The molecular weight excluding hydrogens is 366 g/mol. The van der Waals surface area contributed by atoms with E-state index in [1.807, 2.05) is 47.0 Å². The van der Waals surface area contributed by atoms with Gasteiger partial charge < -0.3 is 9.42 Å². The SMILES string of the molecule is CCC(CC)C(=O)N1CCc2c(c(-c3nc(Cc4ccccc4)no3)nn2C)C1. The zero-order valence-corrected chi connectivity index (χ0v) is 17.3. The van der Waals surface area contributed by atoms with Gasteiger partial charge in [0.2, 0.25) is 5.91 Å². The van der Waals surface area contributed by atoms with E-state index in [1.54, 1.807) is 0 Å². The number of amides is 1. The van der Waals surface area contributed by atoms with Crippen LogP contribution in [0.25, 0.3) is 11.6 Å². The Hall–Kier alpha value is -2.96. The summed E-state index contributed by atoms with van der Waals surface area (Å²) in [7, 11) is 1.93. The number of fused-ring (bicyclic) bond motifs is 1. The number of hydrogen-bond donors (Lipinski definition) is 0. The molecule has 152 valence electrons. The van der Waals surface area contributed by atoms with E-state index in [1.165, 1.54) is 0 Å². The number of benzene rings is 1. The van der Waals surface area contributed by atoms with Crippen LogP contribution in [0.4, 0.5) is 0 Å². The molecule has 4 rings (SSSR count). The Morgan fingerprint density at radius 1 is 1.21 bits per heavy atom. The van der Waals surface area contributed by atoms with Crippen molar-refractivity contribution in [3.05, 3.63) is 53.0 Å². The first-order valence-corrected chi connectivity index (χ1v) is 10.3. The Balaban J connectivity index is 1.59. The lowest BCUT2D eigenvalue weighted by Gasteiger charge is -2.30. The van der Waals surface area contributed by atoms with Crippen LogP contribution in [0, 0.1) is 5.92 Å². The molecule has 0 radical (unpaired) electrons. The van der Waals surface area contributed by atoms with Crippen molar-refractivity contribution in [1.29, 1.82) is 0 Å². The molecule has 7 heteroatoms. The normalized spacial score (nSPS) is 13.7. The molecule has 3 aromatic rings. The predicted octanol–water partition coefficient (Wildman–Crippen LogP) is 3.38. The maximum Gasteiger partial charge on any atom is 0.278 e. The number of carbonyl (C=O) groups is 1. The van der Waals surface area contributed by atoms with E-state index in [9.17, 15) is 4.79 Å². The van der Waals surface area contributed by atoms with Crippen molar-refractivity contribution >= 4 is 5.91 Å². The van der Waals surface area contributed by atoms with Crippen LogP contribution in [0.5, 0.6) is 0 Å². The number of hydrogen-bond acceptors (Lipinski definition) is 5. The lowest BCUT2D eigenvalue weighted by molar-refractivity contribution is -0.136. The van der Waals surface area contributed by atoms with E-state index in [-0.39, 0.29) is 11.8 Å². The third kappa shape index (κ3) is 3.81. The number of aromatic nitrogens is 4. The molecule has 0 N–H and O–H groups in total. The van der Waals surface area contributed by atoms with Gasteiger partial charge in [-0.25, -0.2) is 0 Å². The maximum atomic E-state index is 12.9. The molecule has 1 amide bonds. The van der Waals surface area contributed by atoms with Crippen LogP contribution in [0.2, 0.25) is 0 Å². The highest BCUT2D eigenvalue weighted by Gasteiger charge is 2.31. The number of aryl methyl sites for hydroxylation is 1. The first-order chi connectivity index (χ1) is 14.1. The van der Waals surface area contributed by atoms with E-state index in [2.05, 4.69) is 29.1 Å². The smallest absolute Gasteiger partial charge is 0.278 e. The Morgan fingerprint density at radius 2 is 1.97 bits per heavy atom. The average Bonchev–Trinajstić information content (AvgIpc) is 3.33.